The van der Waals surface area contributed by atoms with Crippen molar-refractivity contribution in [3.63, 3.8) is 0 Å². The minimum Gasteiger partial charge on any atom is -0.466 e. The van der Waals surface area contributed by atoms with Crippen LogP contribution in [0.25, 0.3) is 16.8 Å². The molecule has 0 spiro atoms. The van der Waals surface area contributed by atoms with Gasteiger partial charge in [0.05, 0.1) is 12.0 Å². The number of benzene rings is 2. The number of carbonyl (C=O) groups excluding carboxylic acids is 1. The zero-order valence-corrected chi connectivity index (χ0v) is 18.0. The van der Waals surface area contributed by atoms with Crippen molar-refractivity contribution in [1.29, 1.82) is 0 Å². The summed E-state index contributed by atoms with van der Waals surface area (Å²) in [6, 6.07) is 13.0. The van der Waals surface area contributed by atoms with Crippen LogP contribution >= 0.6 is 11.3 Å². The molecule has 1 fully saturated rings. The third-order valence-electron chi connectivity index (χ3n) is 4.96. The number of rotatable bonds is 5. The zero-order valence-electron chi connectivity index (χ0n) is 16.4. The summed E-state index contributed by atoms with van der Waals surface area (Å²) in [5.74, 6) is -0.419. The molecule has 0 unspecified atom stereocenters. The first kappa shape index (κ1) is 20.5. The van der Waals surface area contributed by atoms with Gasteiger partial charge in [-0.1, -0.05) is 41.7 Å². The topological polar surface area (TPSA) is 79.8 Å². The van der Waals surface area contributed by atoms with Crippen LogP contribution in [0.2, 0.25) is 0 Å². The molecule has 0 bridgehead atoms. The van der Waals surface area contributed by atoms with E-state index >= 15 is 0 Å². The van der Waals surface area contributed by atoms with Crippen molar-refractivity contribution < 1.29 is 17.9 Å². The van der Waals surface area contributed by atoms with Crippen molar-refractivity contribution >= 4 is 49.3 Å². The van der Waals surface area contributed by atoms with E-state index in [4.69, 9.17) is 0 Å². The predicted molar refractivity (Wildman–Crippen MR) is 118 cm³/mol. The molecule has 156 valence electrons. The number of fused-ring (bicyclic) bond motifs is 1. The summed E-state index contributed by atoms with van der Waals surface area (Å²) >= 11 is 1.45. The number of thiazole rings is 1. The van der Waals surface area contributed by atoms with Crippen LogP contribution in [0.3, 0.4) is 0 Å². The molecule has 9 heteroatoms. The standard InChI is InChI=1S/C21H21N3O4S2/c1-28-20(25)9-7-18-15-22-21(29-18)23-10-12-24(13-11-23)30(26,27)19-8-6-16-4-2-3-5-17(16)14-19/h2-9,14-15H,10-13H2,1H3/b9-7+. The van der Waals surface area contributed by atoms with Gasteiger partial charge in [0.1, 0.15) is 0 Å². The van der Waals surface area contributed by atoms with Gasteiger partial charge >= 0.3 is 5.97 Å². The van der Waals surface area contributed by atoms with E-state index in [-0.39, 0.29) is 0 Å². The minimum absolute atomic E-state index is 0.319. The van der Waals surface area contributed by atoms with Crippen molar-refractivity contribution in [1.82, 2.24) is 9.29 Å². The molecule has 1 aliphatic heterocycles. The number of nitrogens with zero attached hydrogens (tertiary/aromatic N) is 3. The highest BCUT2D eigenvalue weighted by Gasteiger charge is 2.29. The Labute approximate surface area is 179 Å². The molecule has 7 nitrogen and oxygen atoms in total. The second kappa shape index (κ2) is 8.55. The SMILES string of the molecule is COC(=O)/C=C/c1cnc(N2CCN(S(=O)(=O)c3ccc4ccccc4c3)CC2)s1. The Morgan fingerprint density at radius 1 is 1.10 bits per heavy atom. The quantitative estimate of drug-likeness (QED) is 0.446. The van der Waals surface area contributed by atoms with Gasteiger partial charge in [-0.25, -0.2) is 18.2 Å². The largest absolute Gasteiger partial charge is 0.466 e. The Morgan fingerprint density at radius 3 is 2.57 bits per heavy atom. The summed E-state index contributed by atoms with van der Waals surface area (Å²) in [4.78, 5) is 18.8. The zero-order chi connectivity index (χ0) is 21.1. The van der Waals surface area contributed by atoms with Gasteiger partial charge in [-0.05, 0) is 29.0 Å². The number of carbonyl (C=O) groups is 1. The van der Waals surface area contributed by atoms with Crippen molar-refractivity contribution in [3.05, 3.63) is 59.6 Å². The van der Waals surface area contributed by atoms with Crippen LogP contribution < -0.4 is 4.90 Å². The Bertz CT molecular complexity index is 1200. The van der Waals surface area contributed by atoms with Crippen LogP contribution in [0, 0.1) is 0 Å². The number of methoxy groups -OCH3 is 1. The summed E-state index contributed by atoms with van der Waals surface area (Å²) in [6.45, 7) is 1.89. The van der Waals surface area contributed by atoms with Gasteiger partial charge in [0.2, 0.25) is 10.0 Å². The van der Waals surface area contributed by atoms with Crippen LogP contribution in [-0.4, -0.2) is 57.0 Å². The van der Waals surface area contributed by atoms with E-state index in [0.717, 1.165) is 20.8 Å². The van der Waals surface area contributed by atoms with Crippen LogP contribution in [0.4, 0.5) is 5.13 Å². The van der Waals surface area contributed by atoms with Gasteiger partial charge in [0.25, 0.3) is 0 Å². The van der Waals surface area contributed by atoms with Gasteiger partial charge in [-0.2, -0.15) is 4.31 Å². The molecule has 0 amide bonds. The lowest BCUT2D eigenvalue weighted by atomic mass is 10.1. The predicted octanol–water partition coefficient (Wildman–Crippen LogP) is 2.99. The fourth-order valence-electron chi connectivity index (χ4n) is 3.32. The lowest BCUT2D eigenvalue weighted by molar-refractivity contribution is -0.134. The normalized spacial score (nSPS) is 15.7. The average molecular weight is 444 g/mol. The Balaban J connectivity index is 1.44. The molecule has 30 heavy (non-hydrogen) atoms. The summed E-state index contributed by atoms with van der Waals surface area (Å²) in [5, 5.41) is 2.73. The molecule has 0 radical (unpaired) electrons. The first-order valence-electron chi connectivity index (χ1n) is 9.43. The average Bonchev–Trinajstić information content (AvgIpc) is 3.26. The van der Waals surface area contributed by atoms with E-state index in [0.29, 0.717) is 31.1 Å². The summed E-state index contributed by atoms with van der Waals surface area (Å²) in [5.41, 5.74) is 0. The number of hydrogen-bond acceptors (Lipinski definition) is 7. The molecule has 0 saturated carbocycles. The van der Waals surface area contributed by atoms with E-state index < -0.39 is 16.0 Å². The van der Waals surface area contributed by atoms with Gasteiger partial charge in [-0.3, -0.25) is 0 Å². The molecular formula is C21H21N3O4S2. The molecule has 0 N–H and O–H groups in total. The van der Waals surface area contributed by atoms with E-state index in [1.807, 2.05) is 30.3 Å². The Kier molecular flexibility index (Phi) is 5.85. The molecule has 4 rings (SSSR count). The smallest absolute Gasteiger partial charge is 0.330 e. The molecule has 0 aliphatic carbocycles. The lowest BCUT2D eigenvalue weighted by Crippen LogP contribution is -2.48. The summed E-state index contributed by atoms with van der Waals surface area (Å²) < 4.78 is 32.3. The van der Waals surface area contributed by atoms with Crippen molar-refractivity contribution in [2.75, 3.05) is 38.2 Å². The third-order valence-corrected chi connectivity index (χ3v) is 7.88. The van der Waals surface area contributed by atoms with Crippen LogP contribution in [-0.2, 0) is 19.6 Å². The van der Waals surface area contributed by atoms with Crippen LogP contribution in [0.5, 0.6) is 0 Å². The molecule has 1 aromatic heterocycles. The minimum atomic E-state index is -3.55. The molecule has 3 aromatic rings. The maximum atomic E-state index is 13.1. The van der Waals surface area contributed by atoms with E-state index in [1.54, 1.807) is 24.4 Å². The van der Waals surface area contributed by atoms with Crippen molar-refractivity contribution in [2.45, 2.75) is 4.90 Å². The second-order valence-electron chi connectivity index (χ2n) is 6.80. The Hall–Kier alpha value is -2.75. The number of esters is 1. The number of aromatic nitrogens is 1. The molecule has 1 saturated heterocycles. The second-order valence-corrected chi connectivity index (χ2v) is 9.78. The monoisotopic (exact) mass is 443 g/mol. The fraction of sp³-hybridized carbons (Fsp3) is 0.238. The van der Waals surface area contributed by atoms with Crippen LogP contribution in [0.15, 0.2) is 59.6 Å². The van der Waals surface area contributed by atoms with E-state index in [2.05, 4.69) is 14.6 Å². The number of ether oxygens (including phenoxy) is 1. The summed E-state index contributed by atoms with van der Waals surface area (Å²) in [6.07, 6.45) is 4.70. The van der Waals surface area contributed by atoms with E-state index in [1.165, 1.54) is 28.8 Å². The highest BCUT2D eigenvalue weighted by atomic mass is 32.2. The number of sulfonamides is 1. The van der Waals surface area contributed by atoms with Gasteiger partial charge in [0, 0.05) is 43.3 Å². The Morgan fingerprint density at radius 2 is 1.83 bits per heavy atom. The molecule has 2 heterocycles. The lowest BCUT2D eigenvalue weighted by Gasteiger charge is -2.33. The highest BCUT2D eigenvalue weighted by molar-refractivity contribution is 7.89. The maximum Gasteiger partial charge on any atom is 0.330 e. The first-order chi connectivity index (χ1) is 14.5. The van der Waals surface area contributed by atoms with Gasteiger partial charge < -0.3 is 9.64 Å². The number of hydrogen-bond donors (Lipinski definition) is 0. The molecule has 2 aromatic carbocycles. The van der Waals surface area contributed by atoms with Crippen molar-refractivity contribution in [2.24, 2.45) is 0 Å². The maximum absolute atomic E-state index is 13.1. The fourth-order valence-corrected chi connectivity index (χ4v) is 5.64. The number of piperazine rings is 1. The molecular weight excluding hydrogens is 422 g/mol. The van der Waals surface area contributed by atoms with Gasteiger partial charge in [-0.15, -0.1) is 0 Å². The van der Waals surface area contributed by atoms with E-state index in [9.17, 15) is 13.2 Å². The van der Waals surface area contributed by atoms with Gasteiger partial charge in [0.15, 0.2) is 5.13 Å². The third kappa shape index (κ3) is 4.23. The summed E-state index contributed by atoms with van der Waals surface area (Å²) in [7, 11) is -2.22. The number of anilines is 1. The molecule has 0 atom stereocenters. The highest BCUT2D eigenvalue weighted by Crippen LogP contribution is 2.27. The van der Waals surface area contributed by atoms with Crippen LogP contribution in [0.1, 0.15) is 4.88 Å². The molecule has 1 aliphatic rings. The van der Waals surface area contributed by atoms with Crippen molar-refractivity contribution in [3.8, 4) is 0 Å². The first-order valence-corrected chi connectivity index (χ1v) is 11.7.